The maximum atomic E-state index is 11.2. The average Bonchev–Trinajstić information content (AvgIpc) is 2.49. The summed E-state index contributed by atoms with van der Waals surface area (Å²) in [5.74, 6) is -0.508. The molecule has 0 amide bonds. The van der Waals surface area contributed by atoms with Gasteiger partial charge in [-0.25, -0.2) is 0 Å². The second-order valence-electron chi connectivity index (χ2n) is 5.27. The van der Waals surface area contributed by atoms with Crippen LogP contribution in [0.25, 0.3) is 0 Å². The van der Waals surface area contributed by atoms with E-state index in [-0.39, 0.29) is 0 Å². The number of methoxy groups -OCH3 is 1. The van der Waals surface area contributed by atoms with Gasteiger partial charge in [-0.15, -0.1) is 0 Å². The van der Waals surface area contributed by atoms with Gasteiger partial charge < -0.3 is 24.1 Å². The molecule has 1 saturated heterocycles. The molecule has 0 aromatic heterocycles. The van der Waals surface area contributed by atoms with Crippen molar-refractivity contribution in [3.63, 3.8) is 0 Å². The Morgan fingerprint density at radius 1 is 1.23 bits per heavy atom. The Balaban J connectivity index is 2.07. The molecule has 1 aliphatic heterocycles. The summed E-state index contributed by atoms with van der Waals surface area (Å²) in [5.41, 5.74) is 1.01. The summed E-state index contributed by atoms with van der Waals surface area (Å²) in [6.07, 6.45) is -3.61. The van der Waals surface area contributed by atoms with Crippen LogP contribution in [0.4, 0.5) is 0 Å². The van der Waals surface area contributed by atoms with Gasteiger partial charge in [-0.1, -0.05) is 30.3 Å². The molecule has 122 valence electrons. The fraction of sp³-hybridized carbons (Fsp3) is 0.562. The topological polar surface area (TPSA) is 74.2 Å². The minimum Gasteiger partial charge on any atom is -0.454 e. The monoisotopic (exact) mass is 310 g/mol. The molecule has 2 rings (SSSR count). The van der Waals surface area contributed by atoms with E-state index in [9.17, 15) is 9.90 Å². The molecule has 5 atom stereocenters. The molecular formula is C16H22O6. The van der Waals surface area contributed by atoms with E-state index >= 15 is 0 Å². The molecule has 0 radical (unpaired) electrons. The third kappa shape index (κ3) is 4.04. The Bertz CT molecular complexity index is 477. The van der Waals surface area contributed by atoms with Crippen LogP contribution in [-0.4, -0.2) is 48.9 Å². The van der Waals surface area contributed by atoms with Gasteiger partial charge in [0, 0.05) is 14.0 Å². The molecular weight excluding hydrogens is 288 g/mol. The predicted molar refractivity (Wildman–Crippen MR) is 77.9 cm³/mol. The average molecular weight is 310 g/mol. The van der Waals surface area contributed by atoms with Crippen molar-refractivity contribution in [2.45, 2.75) is 51.2 Å². The summed E-state index contributed by atoms with van der Waals surface area (Å²) in [5, 5.41) is 9.96. The smallest absolute Gasteiger partial charge is 0.303 e. The fourth-order valence-electron chi connectivity index (χ4n) is 2.57. The first kappa shape index (κ1) is 16.9. The van der Waals surface area contributed by atoms with E-state index in [4.69, 9.17) is 18.9 Å². The Kier molecular flexibility index (Phi) is 5.90. The van der Waals surface area contributed by atoms with E-state index in [1.165, 1.54) is 14.0 Å². The van der Waals surface area contributed by atoms with Crippen molar-refractivity contribution in [3.05, 3.63) is 35.9 Å². The normalized spacial score (nSPS) is 31.7. The van der Waals surface area contributed by atoms with E-state index in [1.54, 1.807) is 6.92 Å². The number of hydrogen-bond donors (Lipinski definition) is 1. The third-order valence-corrected chi connectivity index (χ3v) is 3.60. The molecule has 6 nitrogen and oxygen atoms in total. The van der Waals surface area contributed by atoms with Crippen LogP contribution in [-0.2, 0) is 30.3 Å². The second-order valence-corrected chi connectivity index (χ2v) is 5.27. The summed E-state index contributed by atoms with van der Waals surface area (Å²) >= 11 is 0. The van der Waals surface area contributed by atoms with Gasteiger partial charge in [-0.3, -0.25) is 4.79 Å². The SMILES string of the molecule is CO[C@@H]1[C@@H](OCc2ccccc2)[C@H](C)O[C@@H](O)[C@@H]1OC(C)=O. The summed E-state index contributed by atoms with van der Waals surface area (Å²) in [6, 6.07) is 9.70. The molecule has 0 saturated carbocycles. The molecule has 1 aromatic carbocycles. The zero-order valence-electron chi connectivity index (χ0n) is 13.0. The highest BCUT2D eigenvalue weighted by Crippen LogP contribution is 2.27. The van der Waals surface area contributed by atoms with Crippen LogP contribution in [0.3, 0.4) is 0 Å². The van der Waals surface area contributed by atoms with Crippen molar-refractivity contribution in [2.75, 3.05) is 7.11 Å². The minimum atomic E-state index is -1.24. The highest BCUT2D eigenvalue weighted by Gasteiger charge is 2.46. The van der Waals surface area contributed by atoms with Crippen LogP contribution in [0.5, 0.6) is 0 Å². The molecule has 1 heterocycles. The highest BCUT2D eigenvalue weighted by molar-refractivity contribution is 5.66. The van der Waals surface area contributed by atoms with Gasteiger partial charge in [0.25, 0.3) is 0 Å². The lowest BCUT2D eigenvalue weighted by Gasteiger charge is -2.42. The van der Waals surface area contributed by atoms with Crippen molar-refractivity contribution in [1.82, 2.24) is 0 Å². The molecule has 0 spiro atoms. The summed E-state index contributed by atoms with van der Waals surface area (Å²) < 4.78 is 21.8. The number of ether oxygens (including phenoxy) is 4. The molecule has 1 aromatic rings. The van der Waals surface area contributed by atoms with E-state index in [0.29, 0.717) is 6.61 Å². The van der Waals surface area contributed by atoms with Crippen LogP contribution in [0, 0.1) is 0 Å². The third-order valence-electron chi connectivity index (χ3n) is 3.60. The first-order valence-corrected chi connectivity index (χ1v) is 7.22. The van der Waals surface area contributed by atoms with Crippen molar-refractivity contribution in [1.29, 1.82) is 0 Å². The largest absolute Gasteiger partial charge is 0.454 e. The van der Waals surface area contributed by atoms with Crippen LogP contribution in [0.2, 0.25) is 0 Å². The number of aliphatic hydroxyl groups excluding tert-OH is 1. The van der Waals surface area contributed by atoms with Gasteiger partial charge in [0.2, 0.25) is 0 Å². The Hall–Kier alpha value is -1.47. The second kappa shape index (κ2) is 7.69. The summed E-state index contributed by atoms with van der Waals surface area (Å²) in [7, 11) is 1.49. The number of hydrogen-bond acceptors (Lipinski definition) is 6. The number of rotatable bonds is 5. The van der Waals surface area contributed by atoms with E-state index < -0.39 is 36.7 Å². The van der Waals surface area contributed by atoms with Gasteiger partial charge in [-0.2, -0.15) is 0 Å². The number of carbonyl (C=O) groups excluding carboxylic acids is 1. The fourth-order valence-corrected chi connectivity index (χ4v) is 2.57. The summed E-state index contributed by atoms with van der Waals surface area (Å²) in [6.45, 7) is 3.44. The zero-order chi connectivity index (χ0) is 16.1. The predicted octanol–water partition coefficient (Wildman–Crippen LogP) is 1.26. The minimum absolute atomic E-state index is 0.377. The number of esters is 1. The van der Waals surface area contributed by atoms with E-state index in [2.05, 4.69) is 0 Å². The van der Waals surface area contributed by atoms with E-state index in [1.807, 2.05) is 30.3 Å². The molecule has 1 N–H and O–H groups in total. The Morgan fingerprint density at radius 3 is 2.50 bits per heavy atom. The lowest BCUT2D eigenvalue weighted by atomic mass is 9.99. The van der Waals surface area contributed by atoms with Gasteiger partial charge in [0.1, 0.15) is 12.2 Å². The zero-order valence-corrected chi connectivity index (χ0v) is 13.0. The maximum absolute atomic E-state index is 11.2. The molecule has 6 heteroatoms. The van der Waals surface area contributed by atoms with Crippen LogP contribution < -0.4 is 0 Å². The number of aliphatic hydroxyl groups is 1. The maximum Gasteiger partial charge on any atom is 0.303 e. The van der Waals surface area contributed by atoms with Crippen LogP contribution >= 0.6 is 0 Å². The Labute approximate surface area is 129 Å². The van der Waals surface area contributed by atoms with Gasteiger partial charge in [0.15, 0.2) is 12.4 Å². The first-order chi connectivity index (χ1) is 10.5. The van der Waals surface area contributed by atoms with Crippen LogP contribution in [0.15, 0.2) is 30.3 Å². The molecule has 0 bridgehead atoms. The Morgan fingerprint density at radius 2 is 1.91 bits per heavy atom. The molecule has 0 aliphatic carbocycles. The van der Waals surface area contributed by atoms with Crippen molar-refractivity contribution in [2.24, 2.45) is 0 Å². The van der Waals surface area contributed by atoms with Crippen molar-refractivity contribution < 1.29 is 28.8 Å². The van der Waals surface area contributed by atoms with E-state index in [0.717, 1.165) is 5.56 Å². The quantitative estimate of drug-likeness (QED) is 0.825. The first-order valence-electron chi connectivity index (χ1n) is 7.22. The van der Waals surface area contributed by atoms with Crippen molar-refractivity contribution >= 4 is 5.97 Å². The number of carbonyl (C=O) groups is 1. The lowest BCUT2D eigenvalue weighted by Crippen LogP contribution is -2.59. The molecule has 1 fully saturated rings. The van der Waals surface area contributed by atoms with Gasteiger partial charge in [-0.05, 0) is 12.5 Å². The molecule has 1 aliphatic rings. The standard InChI is InChI=1S/C16H22O6/c1-10-13(20-9-12-7-5-4-6-8-12)14(19-3)15(16(18)21-10)22-11(2)17/h4-8,10,13-16,18H,9H2,1-3H3/t10-,13-,14+,15+,16+/m0/s1. The van der Waals surface area contributed by atoms with Gasteiger partial charge >= 0.3 is 5.97 Å². The summed E-state index contributed by atoms with van der Waals surface area (Å²) in [4.78, 5) is 11.2. The highest BCUT2D eigenvalue weighted by atomic mass is 16.7. The lowest BCUT2D eigenvalue weighted by molar-refractivity contribution is -0.295. The van der Waals surface area contributed by atoms with Crippen molar-refractivity contribution in [3.8, 4) is 0 Å². The molecule has 0 unspecified atom stereocenters. The van der Waals surface area contributed by atoms with Crippen LogP contribution in [0.1, 0.15) is 19.4 Å². The molecule has 22 heavy (non-hydrogen) atoms. The number of benzene rings is 1. The van der Waals surface area contributed by atoms with Gasteiger partial charge in [0.05, 0.1) is 12.7 Å².